The van der Waals surface area contributed by atoms with Crippen molar-refractivity contribution in [3.8, 4) is 0 Å². The lowest BCUT2D eigenvalue weighted by atomic mass is 9.62. The lowest BCUT2D eigenvalue weighted by Crippen LogP contribution is -2.55. The molecule has 1 aliphatic carbocycles. The van der Waals surface area contributed by atoms with Crippen molar-refractivity contribution in [3.63, 3.8) is 0 Å². The smallest absolute Gasteiger partial charge is 0.312 e. The first-order valence-corrected chi connectivity index (χ1v) is 7.18. The summed E-state index contributed by atoms with van der Waals surface area (Å²) in [7, 11) is 0. The summed E-state index contributed by atoms with van der Waals surface area (Å²) in [4.78, 5) is 23.5. The fourth-order valence-electron chi connectivity index (χ4n) is 2.92. The van der Waals surface area contributed by atoms with Gasteiger partial charge in [0.15, 0.2) is 0 Å². The van der Waals surface area contributed by atoms with E-state index in [1.807, 2.05) is 0 Å². The molecule has 3 aliphatic rings. The second-order valence-electron chi connectivity index (χ2n) is 5.74. The molecule has 0 radical (unpaired) electrons. The van der Waals surface area contributed by atoms with Crippen LogP contribution in [0.1, 0.15) is 18.4 Å². The van der Waals surface area contributed by atoms with Crippen LogP contribution in [0.4, 0.5) is 5.69 Å². The maximum Gasteiger partial charge on any atom is 0.312 e. The first-order chi connectivity index (χ1) is 9.78. The van der Waals surface area contributed by atoms with Gasteiger partial charge in [-0.25, -0.2) is 0 Å². The van der Waals surface area contributed by atoms with Crippen molar-refractivity contribution in [1.82, 2.24) is 0 Å². The van der Waals surface area contributed by atoms with Crippen molar-refractivity contribution >= 4 is 40.8 Å². The van der Waals surface area contributed by atoms with E-state index in [4.69, 9.17) is 33.0 Å². The predicted octanol–water partition coefficient (Wildman–Crippen LogP) is 2.87. The zero-order valence-corrected chi connectivity index (χ0v) is 12.7. The molecule has 2 saturated heterocycles. The number of fused-ring (bicyclic) bond motifs is 1. The number of carboxylic acid groups (broad SMARTS) is 1. The number of halogens is 2. The molecule has 1 aromatic carbocycles. The Hall–Kier alpha value is -1.30. The maximum absolute atomic E-state index is 12.3. The Morgan fingerprint density at radius 1 is 1.29 bits per heavy atom. The number of carbonyl (C=O) groups excluding carboxylic acids is 1. The molecular formula is C14H13Cl2NO4. The highest BCUT2D eigenvalue weighted by atomic mass is 35.5. The molecule has 5 nitrogen and oxygen atoms in total. The van der Waals surface area contributed by atoms with Crippen LogP contribution in [0.25, 0.3) is 0 Å². The average molecular weight is 330 g/mol. The van der Waals surface area contributed by atoms with Gasteiger partial charge in [0, 0.05) is 28.6 Å². The summed E-state index contributed by atoms with van der Waals surface area (Å²) in [5.41, 5.74) is -0.735. The molecule has 2 heterocycles. The van der Waals surface area contributed by atoms with Gasteiger partial charge in [0.05, 0.1) is 12.0 Å². The Kier molecular flexibility index (Phi) is 3.20. The number of hydrogen-bond acceptors (Lipinski definition) is 3. The lowest BCUT2D eigenvalue weighted by molar-refractivity contribution is -0.156. The van der Waals surface area contributed by atoms with Gasteiger partial charge in [-0.05, 0) is 24.6 Å². The van der Waals surface area contributed by atoms with E-state index in [0.717, 1.165) is 5.56 Å². The van der Waals surface area contributed by atoms with E-state index in [0.29, 0.717) is 15.7 Å². The van der Waals surface area contributed by atoms with Crippen molar-refractivity contribution in [2.24, 2.45) is 5.41 Å². The molecule has 21 heavy (non-hydrogen) atoms. The summed E-state index contributed by atoms with van der Waals surface area (Å²) in [6.45, 7) is 1.85. The molecule has 1 aromatic rings. The van der Waals surface area contributed by atoms with Crippen LogP contribution in [0, 0.1) is 12.3 Å². The third-order valence-electron chi connectivity index (χ3n) is 4.28. The summed E-state index contributed by atoms with van der Waals surface area (Å²) in [5, 5.41) is 12.8. The highest BCUT2D eigenvalue weighted by molar-refractivity contribution is 6.36. The summed E-state index contributed by atoms with van der Waals surface area (Å²) in [6.07, 6.45) is 0.406. The molecule has 1 saturated carbocycles. The zero-order valence-electron chi connectivity index (χ0n) is 11.2. The molecule has 4 rings (SSSR count). The standard InChI is InChI=1S/C14H13Cl2NO4/c1-7-9(15)2-8(3-10(7)16)17-11(18)14-4-13(5-14,6-21-14)12(19)20/h2-3H,4-6H2,1H3,(H,17,18)(H,19,20). The summed E-state index contributed by atoms with van der Waals surface area (Å²) >= 11 is 12.1. The number of aliphatic carboxylic acids is 1. The molecule has 7 heteroatoms. The van der Waals surface area contributed by atoms with Gasteiger partial charge in [-0.2, -0.15) is 0 Å². The minimum absolute atomic E-state index is 0.0746. The van der Waals surface area contributed by atoms with Crippen LogP contribution in [0.5, 0.6) is 0 Å². The Bertz CT molecular complexity index is 629. The van der Waals surface area contributed by atoms with Crippen molar-refractivity contribution < 1.29 is 19.4 Å². The number of carboxylic acids is 1. The van der Waals surface area contributed by atoms with Crippen LogP contribution in [0.2, 0.25) is 10.0 Å². The lowest BCUT2D eigenvalue weighted by Gasteiger charge is -2.40. The van der Waals surface area contributed by atoms with Gasteiger partial charge in [-0.1, -0.05) is 23.2 Å². The molecule has 0 unspecified atom stereocenters. The second kappa shape index (κ2) is 4.60. The third-order valence-corrected chi connectivity index (χ3v) is 5.06. The minimum Gasteiger partial charge on any atom is -0.481 e. The molecule has 1 amide bonds. The molecule has 3 fully saturated rings. The van der Waals surface area contributed by atoms with Crippen LogP contribution < -0.4 is 5.32 Å². The van der Waals surface area contributed by atoms with E-state index in [2.05, 4.69) is 5.32 Å². The molecule has 0 atom stereocenters. The van der Waals surface area contributed by atoms with Gasteiger partial charge in [0.2, 0.25) is 0 Å². The minimum atomic E-state index is -1.04. The first-order valence-electron chi connectivity index (χ1n) is 6.43. The van der Waals surface area contributed by atoms with Gasteiger partial charge in [-0.15, -0.1) is 0 Å². The van der Waals surface area contributed by atoms with E-state index in [1.54, 1.807) is 19.1 Å². The molecule has 0 aromatic heterocycles. The number of anilines is 1. The van der Waals surface area contributed by atoms with Crippen molar-refractivity contribution in [1.29, 1.82) is 0 Å². The quantitative estimate of drug-likeness (QED) is 0.894. The predicted molar refractivity (Wildman–Crippen MR) is 77.8 cm³/mol. The second-order valence-corrected chi connectivity index (χ2v) is 6.56. The Morgan fingerprint density at radius 2 is 1.86 bits per heavy atom. The van der Waals surface area contributed by atoms with Crippen molar-refractivity contribution in [2.45, 2.75) is 25.4 Å². The van der Waals surface area contributed by atoms with E-state index < -0.39 is 17.0 Å². The van der Waals surface area contributed by atoms with Crippen molar-refractivity contribution in [3.05, 3.63) is 27.7 Å². The van der Waals surface area contributed by atoms with Crippen LogP contribution in [0.15, 0.2) is 12.1 Å². The van der Waals surface area contributed by atoms with Crippen LogP contribution in [0.3, 0.4) is 0 Å². The number of nitrogens with one attached hydrogen (secondary N) is 1. The normalized spacial score (nSPS) is 29.9. The fourth-order valence-corrected chi connectivity index (χ4v) is 3.41. The number of rotatable bonds is 3. The average Bonchev–Trinajstić information content (AvgIpc) is 2.92. The highest BCUT2D eigenvalue weighted by Gasteiger charge is 2.70. The van der Waals surface area contributed by atoms with E-state index in [9.17, 15) is 9.59 Å². The molecule has 2 bridgehead atoms. The zero-order chi connectivity index (χ0) is 15.4. The largest absolute Gasteiger partial charge is 0.481 e. The summed E-state index contributed by atoms with van der Waals surface area (Å²) in [5.74, 6) is -1.27. The van der Waals surface area contributed by atoms with Crippen molar-refractivity contribution in [2.75, 3.05) is 11.9 Å². The molecular weight excluding hydrogens is 317 g/mol. The van der Waals surface area contributed by atoms with Gasteiger partial charge >= 0.3 is 5.97 Å². The Balaban J connectivity index is 1.76. The summed E-state index contributed by atoms with van der Waals surface area (Å²) in [6, 6.07) is 3.21. The number of ether oxygens (including phenoxy) is 1. The van der Waals surface area contributed by atoms with Crippen LogP contribution in [-0.4, -0.2) is 29.2 Å². The Labute approximate surface area is 131 Å². The van der Waals surface area contributed by atoms with Crippen LogP contribution >= 0.6 is 23.2 Å². The van der Waals surface area contributed by atoms with Gasteiger partial charge in [0.25, 0.3) is 5.91 Å². The SMILES string of the molecule is Cc1c(Cl)cc(NC(=O)C23CC(C(=O)O)(CO2)C3)cc1Cl. The molecule has 2 aliphatic heterocycles. The maximum atomic E-state index is 12.3. The summed E-state index contributed by atoms with van der Waals surface area (Å²) < 4.78 is 5.44. The highest BCUT2D eigenvalue weighted by Crippen LogP contribution is 2.58. The number of carbonyl (C=O) groups is 2. The van der Waals surface area contributed by atoms with Crippen LogP contribution in [-0.2, 0) is 14.3 Å². The fraction of sp³-hybridized carbons (Fsp3) is 0.429. The monoisotopic (exact) mass is 329 g/mol. The molecule has 112 valence electrons. The van der Waals surface area contributed by atoms with E-state index in [-0.39, 0.29) is 25.4 Å². The van der Waals surface area contributed by atoms with E-state index >= 15 is 0 Å². The van der Waals surface area contributed by atoms with Gasteiger partial charge < -0.3 is 15.2 Å². The molecule has 0 spiro atoms. The third kappa shape index (κ3) is 2.11. The number of hydrogen-bond donors (Lipinski definition) is 2. The van der Waals surface area contributed by atoms with Gasteiger partial charge in [0.1, 0.15) is 5.60 Å². The number of benzene rings is 1. The Morgan fingerprint density at radius 3 is 2.33 bits per heavy atom. The number of amides is 1. The molecule has 2 N–H and O–H groups in total. The van der Waals surface area contributed by atoms with Gasteiger partial charge in [-0.3, -0.25) is 9.59 Å². The topological polar surface area (TPSA) is 75.6 Å². The van der Waals surface area contributed by atoms with E-state index in [1.165, 1.54) is 0 Å². The first kappa shape index (κ1) is 14.6.